The molecular formula is C24H32N6. The quantitative estimate of drug-likeness (QED) is 0.321. The monoisotopic (exact) mass is 404 g/mol. The first-order valence-electron chi connectivity index (χ1n) is 11.0. The van der Waals surface area contributed by atoms with E-state index in [1.807, 2.05) is 25.2 Å². The molecule has 0 aliphatic carbocycles. The van der Waals surface area contributed by atoms with Gasteiger partial charge in [0.25, 0.3) is 0 Å². The van der Waals surface area contributed by atoms with E-state index in [1.165, 1.54) is 5.56 Å². The van der Waals surface area contributed by atoms with Gasteiger partial charge in [0.05, 0.1) is 11.0 Å². The number of rotatable bonds is 7. The van der Waals surface area contributed by atoms with E-state index in [1.54, 1.807) is 0 Å². The first kappa shape index (κ1) is 20.4. The number of hydrogen-bond donors (Lipinski definition) is 3. The minimum Gasteiger partial charge on any atom is -0.356 e. The number of nitrogens with zero attached hydrogens (tertiary/aromatic N) is 3. The van der Waals surface area contributed by atoms with Gasteiger partial charge in [-0.2, -0.15) is 0 Å². The van der Waals surface area contributed by atoms with Crippen molar-refractivity contribution in [3.8, 4) is 0 Å². The Morgan fingerprint density at radius 1 is 1.10 bits per heavy atom. The molecule has 0 unspecified atom stereocenters. The third kappa shape index (κ3) is 5.60. The average molecular weight is 405 g/mol. The van der Waals surface area contributed by atoms with Crippen LogP contribution in [0.3, 0.4) is 0 Å². The fourth-order valence-electron chi connectivity index (χ4n) is 4.05. The van der Waals surface area contributed by atoms with Crippen LogP contribution in [0.1, 0.15) is 30.7 Å². The standard InChI is InChI=1S/C24H32N6/c1-25-24(26-15-7-12-23-28-21-10-5-6-11-22(21)29-23)27-20-13-16-30(17-14-20)18-19-8-3-2-4-9-19/h2-6,8-11,20H,7,12-18H2,1H3,(H,28,29)(H2,25,26,27). The van der Waals surface area contributed by atoms with Crippen molar-refractivity contribution in [1.29, 1.82) is 0 Å². The number of guanidine groups is 1. The molecule has 3 N–H and O–H groups in total. The van der Waals surface area contributed by atoms with E-state index in [0.717, 1.165) is 74.7 Å². The number of aliphatic imine (C=N–C) groups is 1. The van der Waals surface area contributed by atoms with Crippen LogP contribution in [0, 0.1) is 0 Å². The summed E-state index contributed by atoms with van der Waals surface area (Å²) in [6, 6.07) is 19.4. The highest BCUT2D eigenvalue weighted by Gasteiger charge is 2.19. The van der Waals surface area contributed by atoms with E-state index in [-0.39, 0.29) is 0 Å². The summed E-state index contributed by atoms with van der Waals surface area (Å²) < 4.78 is 0. The van der Waals surface area contributed by atoms with E-state index >= 15 is 0 Å². The van der Waals surface area contributed by atoms with Crippen LogP contribution < -0.4 is 10.6 Å². The highest BCUT2D eigenvalue weighted by molar-refractivity contribution is 5.80. The Morgan fingerprint density at radius 2 is 1.87 bits per heavy atom. The lowest BCUT2D eigenvalue weighted by atomic mass is 10.0. The normalized spacial score (nSPS) is 16.1. The topological polar surface area (TPSA) is 68.3 Å². The number of nitrogens with one attached hydrogen (secondary N) is 3. The molecule has 1 aliphatic heterocycles. The molecule has 0 bridgehead atoms. The molecule has 1 fully saturated rings. The Labute approximate surface area is 178 Å². The minimum absolute atomic E-state index is 0.485. The number of piperidine rings is 1. The van der Waals surface area contributed by atoms with Crippen molar-refractivity contribution < 1.29 is 0 Å². The molecule has 4 rings (SSSR count). The fourth-order valence-corrected chi connectivity index (χ4v) is 4.05. The number of hydrogen-bond acceptors (Lipinski definition) is 3. The smallest absolute Gasteiger partial charge is 0.191 e. The van der Waals surface area contributed by atoms with E-state index in [0.29, 0.717) is 6.04 Å². The molecular weight excluding hydrogens is 372 g/mol. The van der Waals surface area contributed by atoms with Gasteiger partial charge in [0, 0.05) is 45.7 Å². The maximum atomic E-state index is 4.65. The van der Waals surface area contributed by atoms with E-state index in [2.05, 4.69) is 66.9 Å². The maximum Gasteiger partial charge on any atom is 0.191 e. The lowest BCUT2D eigenvalue weighted by Gasteiger charge is -2.33. The number of benzene rings is 2. The number of aromatic nitrogens is 2. The van der Waals surface area contributed by atoms with Crippen molar-refractivity contribution in [3.63, 3.8) is 0 Å². The molecule has 0 radical (unpaired) electrons. The third-order valence-electron chi connectivity index (χ3n) is 5.72. The highest BCUT2D eigenvalue weighted by atomic mass is 15.2. The van der Waals surface area contributed by atoms with Gasteiger partial charge in [0.15, 0.2) is 5.96 Å². The van der Waals surface area contributed by atoms with E-state index in [9.17, 15) is 0 Å². The number of aromatic amines is 1. The maximum absolute atomic E-state index is 4.65. The summed E-state index contributed by atoms with van der Waals surface area (Å²) in [7, 11) is 1.85. The molecule has 1 aliphatic rings. The van der Waals surface area contributed by atoms with Crippen molar-refractivity contribution in [1.82, 2.24) is 25.5 Å². The van der Waals surface area contributed by atoms with Gasteiger partial charge in [-0.25, -0.2) is 4.98 Å². The van der Waals surface area contributed by atoms with Crippen molar-refractivity contribution >= 4 is 17.0 Å². The number of likely N-dealkylation sites (tertiary alicyclic amines) is 1. The molecule has 2 heterocycles. The molecule has 1 aromatic heterocycles. The Hall–Kier alpha value is -2.86. The molecule has 158 valence electrons. The van der Waals surface area contributed by atoms with Gasteiger partial charge in [0.2, 0.25) is 0 Å². The van der Waals surface area contributed by atoms with Crippen LogP contribution in [0.2, 0.25) is 0 Å². The number of para-hydroxylation sites is 2. The predicted molar refractivity (Wildman–Crippen MR) is 124 cm³/mol. The Kier molecular flexibility index (Phi) is 6.98. The zero-order chi connectivity index (χ0) is 20.6. The summed E-state index contributed by atoms with van der Waals surface area (Å²) in [6.45, 7) is 4.16. The zero-order valence-corrected chi connectivity index (χ0v) is 17.8. The molecule has 0 amide bonds. The predicted octanol–water partition coefficient (Wildman–Crippen LogP) is 3.33. The fraction of sp³-hybridized carbons (Fsp3) is 0.417. The van der Waals surface area contributed by atoms with Crippen LogP contribution in [0.4, 0.5) is 0 Å². The largest absolute Gasteiger partial charge is 0.356 e. The van der Waals surface area contributed by atoms with Gasteiger partial charge < -0.3 is 15.6 Å². The molecule has 6 nitrogen and oxygen atoms in total. The van der Waals surface area contributed by atoms with Gasteiger partial charge in [0.1, 0.15) is 5.82 Å². The highest BCUT2D eigenvalue weighted by Crippen LogP contribution is 2.14. The van der Waals surface area contributed by atoms with Crippen LogP contribution in [0.15, 0.2) is 59.6 Å². The first-order chi connectivity index (χ1) is 14.8. The van der Waals surface area contributed by atoms with E-state index < -0.39 is 0 Å². The molecule has 0 saturated carbocycles. The van der Waals surface area contributed by atoms with Crippen LogP contribution in [0.5, 0.6) is 0 Å². The summed E-state index contributed by atoms with van der Waals surface area (Å²) in [6.07, 6.45) is 4.23. The van der Waals surface area contributed by atoms with E-state index in [4.69, 9.17) is 0 Å². The summed E-state index contributed by atoms with van der Waals surface area (Å²) in [4.78, 5) is 15.0. The van der Waals surface area contributed by atoms with Crippen LogP contribution in [-0.4, -0.2) is 53.6 Å². The third-order valence-corrected chi connectivity index (χ3v) is 5.72. The summed E-state index contributed by atoms with van der Waals surface area (Å²) >= 11 is 0. The Morgan fingerprint density at radius 3 is 2.63 bits per heavy atom. The zero-order valence-electron chi connectivity index (χ0n) is 17.8. The summed E-state index contributed by atoms with van der Waals surface area (Å²) in [5.74, 6) is 1.95. The molecule has 3 aromatic rings. The average Bonchev–Trinajstić information content (AvgIpc) is 3.21. The van der Waals surface area contributed by atoms with Crippen LogP contribution in [0.25, 0.3) is 11.0 Å². The van der Waals surface area contributed by atoms with Gasteiger partial charge in [-0.15, -0.1) is 0 Å². The van der Waals surface area contributed by atoms with Crippen molar-refractivity contribution in [3.05, 3.63) is 66.0 Å². The second-order valence-corrected chi connectivity index (χ2v) is 7.98. The molecule has 0 spiro atoms. The summed E-state index contributed by atoms with van der Waals surface area (Å²) in [5, 5.41) is 7.05. The number of H-pyrrole nitrogens is 1. The SMILES string of the molecule is CN=C(NCCCc1nc2ccccc2[nH]1)NC1CCN(Cc2ccccc2)CC1. The number of imidazole rings is 1. The van der Waals surface area contributed by atoms with Gasteiger partial charge in [-0.1, -0.05) is 42.5 Å². The first-order valence-corrected chi connectivity index (χ1v) is 11.0. The van der Waals surface area contributed by atoms with Crippen molar-refractivity contribution in [2.75, 3.05) is 26.7 Å². The lowest BCUT2D eigenvalue weighted by molar-refractivity contribution is 0.198. The van der Waals surface area contributed by atoms with Crippen LogP contribution >= 0.6 is 0 Å². The second-order valence-electron chi connectivity index (χ2n) is 7.98. The van der Waals surface area contributed by atoms with Crippen molar-refractivity contribution in [2.45, 2.75) is 38.3 Å². The van der Waals surface area contributed by atoms with Gasteiger partial charge in [-0.05, 0) is 37.0 Å². The minimum atomic E-state index is 0.485. The molecule has 30 heavy (non-hydrogen) atoms. The van der Waals surface area contributed by atoms with Crippen molar-refractivity contribution in [2.24, 2.45) is 4.99 Å². The Balaban J connectivity index is 1.15. The number of aryl methyl sites for hydroxylation is 1. The second kappa shape index (κ2) is 10.3. The molecule has 0 atom stereocenters. The van der Waals surface area contributed by atoms with Gasteiger partial charge >= 0.3 is 0 Å². The summed E-state index contributed by atoms with van der Waals surface area (Å²) in [5.41, 5.74) is 3.54. The lowest BCUT2D eigenvalue weighted by Crippen LogP contribution is -2.48. The number of fused-ring (bicyclic) bond motifs is 1. The van der Waals surface area contributed by atoms with Crippen LogP contribution in [-0.2, 0) is 13.0 Å². The molecule has 1 saturated heterocycles. The Bertz CT molecular complexity index is 907. The van der Waals surface area contributed by atoms with Gasteiger partial charge in [-0.3, -0.25) is 9.89 Å². The molecule has 2 aromatic carbocycles. The molecule has 6 heteroatoms.